The van der Waals surface area contributed by atoms with Gasteiger partial charge in [-0.05, 0) is 55.0 Å². The van der Waals surface area contributed by atoms with E-state index in [1.165, 1.54) is 6.07 Å². The summed E-state index contributed by atoms with van der Waals surface area (Å²) in [4.78, 5) is 29.7. The number of para-hydroxylation sites is 1. The first-order valence-corrected chi connectivity index (χ1v) is 11.1. The SMILES string of the molecule is O=C(c1cc(C2CCCCN2C(=O)Cc2ccccc2F)[nH]n1)N1CCc2ccccc21. The van der Waals surface area contributed by atoms with Crippen molar-refractivity contribution >= 4 is 17.5 Å². The molecule has 2 aromatic carbocycles. The van der Waals surface area contributed by atoms with Gasteiger partial charge in [-0.2, -0.15) is 5.10 Å². The van der Waals surface area contributed by atoms with Crippen LogP contribution in [0.25, 0.3) is 0 Å². The van der Waals surface area contributed by atoms with Crippen LogP contribution in [0.4, 0.5) is 10.1 Å². The Labute approximate surface area is 186 Å². The van der Waals surface area contributed by atoms with E-state index in [2.05, 4.69) is 10.2 Å². The van der Waals surface area contributed by atoms with Crippen molar-refractivity contribution in [2.75, 3.05) is 18.0 Å². The predicted octanol–water partition coefficient (Wildman–Crippen LogP) is 4.05. The Morgan fingerprint density at radius 1 is 1.06 bits per heavy atom. The van der Waals surface area contributed by atoms with E-state index in [-0.39, 0.29) is 30.1 Å². The number of nitrogens with one attached hydrogen (secondary N) is 1. The third-order valence-corrected chi connectivity index (χ3v) is 6.43. The van der Waals surface area contributed by atoms with E-state index in [9.17, 15) is 14.0 Å². The lowest BCUT2D eigenvalue weighted by Gasteiger charge is -2.35. The van der Waals surface area contributed by atoms with Crippen molar-refractivity contribution in [3.05, 3.63) is 82.9 Å². The molecular weight excluding hydrogens is 407 g/mol. The van der Waals surface area contributed by atoms with Gasteiger partial charge in [0.15, 0.2) is 5.69 Å². The first-order valence-electron chi connectivity index (χ1n) is 11.1. The van der Waals surface area contributed by atoms with Gasteiger partial charge in [-0.3, -0.25) is 14.7 Å². The number of hydrogen-bond donors (Lipinski definition) is 1. The van der Waals surface area contributed by atoms with Crippen LogP contribution >= 0.6 is 0 Å². The highest BCUT2D eigenvalue weighted by Gasteiger charge is 2.32. The number of fused-ring (bicyclic) bond motifs is 1. The van der Waals surface area contributed by atoms with Crippen LogP contribution in [0, 0.1) is 5.82 Å². The van der Waals surface area contributed by atoms with Crippen LogP contribution in [0.3, 0.4) is 0 Å². The normalized spacial score (nSPS) is 18.0. The van der Waals surface area contributed by atoms with Gasteiger partial charge in [0, 0.05) is 18.8 Å². The summed E-state index contributed by atoms with van der Waals surface area (Å²) in [5, 5.41) is 7.28. The number of aromatic amines is 1. The Hall–Kier alpha value is -3.48. The van der Waals surface area contributed by atoms with Crippen LogP contribution < -0.4 is 4.90 Å². The maximum Gasteiger partial charge on any atom is 0.278 e. The molecule has 0 saturated carbocycles. The molecular formula is C25H25FN4O2. The van der Waals surface area contributed by atoms with Crippen LogP contribution in [-0.4, -0.2) is 40.0 Å². The molecule has 2 aliphatic heterocycles. The fourth-order valence-corrected chi connectivity index (χ4v) is 4.76. The summed E-state index contributed by atoms with van der Waals surface area (Å²) in [6.07, 6.45) is 3.53. The number of H-pyrrole nitrogens is 1. The average Bonchev–Trinajstić information content (AvgIpc) is 3.48. The molecule has 0 radical (unpaired) electrons. The minimum Gasteiger partial charge on any atom is -0.334 e. The number of likely N-dealkylation sites (tertiary alicyclic amines) is 1. The lowest BCUT2D eigenvalue weighted by molar-refractivity contribution is -0.134. The Kier molecular flexibility index (Phi) is 5.47. The van der Waals surface area contributed by atoms with Gasteiger partial charge in [0.2, 0.25) is 5.91 Å². The smallest absolute Gasteiger partial charge is 0.278 e. The highest BCUT2D eigenvalue weighted by Crippen LogP contribution is 2.32. The number of amides is 2. The number of hydrogen-bond acceptors (Lipinski definition) is 3. The number of benzene rings is 2. The Balaban J connectivity index is 1.34. The molecule has 3 heterocycles. The second kappa shape index (κ2) is 8.57. The molecule has 1 atom stereocenters. The van der Waals surface area contributed by atoms with Gasteiger partial charge < -0.3 is 9.80 Å². The molecule has 164 valence electrons. The van der Waals surface area contributed by atoms with Crippen molar-refractivity contribution in [3.8, 4) is 0 Å². The van der Waals surface area contributed by atoms with Crippen molar-refractivity contribution in [1.82, 2.24) is 15.1 Å². The number of aromatic nitrogens is 2. The van der Waals surface area contributed by atoms with Crippen molar-refractivity contribution in [3.63, 3.8) is 0 Å². The first-order chi connectivity index (χ1) is 15.6. The van der Waals surface area contributed by atoms with Gasteiger partial charge in [0.25, 0.3) is 5.91 Å². The van der Waals surface area contributed by atoms with Crippen LogP contribution in [0.5, 0.6) is 0 Å². The molecule has 2 aliphatic rings. The van der Waals surface area contributed by atoms with E-state index < -0.39 is 0 Å². The summed E-state index contributed by atoms with van der Waals surface area (Å²) in [5.41, 5.74) is 3.59. The van der Waals surface area contributed by atoms with Crippen LogP contribution in [-0.2, 0) is 17.6 Å². The minimum atomic E-state index is -0.366. The molecule has 3 aromatic rings. The monoisotopic (exact) mass is 432 g/mol. The average molecular weight is 432 g/mol. The first kappa shape index (κ1) is 20.4. The topological polar surface area (TPSA) is 69.3 Å². The molecule has 2 amide bonds. The van der Waals surface area contributed by atoms with Crippen LogP contribution in [0.15, 0.2) is 54.6 Å². The highest BCUT2D eigenvalue weighted by molar-refractivity contribution is 6.06. The summed E-state index contributed by atoms with van der Waals surface area (Å²) < 4.78 is 14.1. The molecule has 6 nitrogen and oxygen atoms in total. The largest absolute Gasteiger partial charge is 0.334 e. The maximum absolute atomic E-state index is 14.1. The molecule has 0 aliphatic carbocycles. The molecule has 32 heavy (non-hydrogen) atoms. The standard InChI is InChI=1S/C25H25FN4O2/c26-19-9-3-1-8-18(19)15-24(31)29-13-6-5-11-23(29)20-16-21(28-27-20)25(32)30-14-12-17-7-2-4-10-22(17)30/h1-4,7-10,16,23H,5-6,11-15H2,(H,27,28). The molecule has 1 unspecified atom stereocenters. The molecule has 1 N–H and O–H groups in total. The minimum absolute atomic E-state index is 0.0215. The van der Waals surface area contributed by atoms with E-state index in [0.717, 1.165) is 42.6 Å². The molecule has 1 saturated heterocycles. The number of nitrogens with zero attached hydrogens (tertiary/aromatic N) is 3. The lowest BCUT2D eigenvalue weighted by atomic mass is 9.98. The van der Waals surface area contributed by atoms with E-state index >= 15 is 0 Å². The van der Waals surface area contributed by atoms with Crippen molar-refractivity contribution in [2.24, 2.45) is 0 Å². The Morgan fingerprint density at radius 3 is 2.75 bits per heavy atom. The molecule has 1 fully saturated rings. The zero-order valence-electron chi connectivity index (χ0n) is 17.8. The third kappa shape index (κ3) is 3.79. The van der Waals surface area contributed by atoms with Crippen LogP contribution in [0.2, 0.25) is 0 Å². The van der Waals surface area contributed by atoms with Gasteiger partial charge in [0.05, 0.1) is 18.2 Å². The summed E-state index contributed by atoms with van der Waals surface area (Å²) >= 11 is 0. The second-order valence-corrected chi connectivity index (χ2v) is 8.41. The van der Waals surface area contributed by atoms with E-state index in [4.69, 9.17) is 0 Å². The Bertz CT molecular complexity index is 1160. The summed E-state index contributed by atoms with van der Waals surface area (Å²) in [6.45, 7) is 1.25. The summed E-state index contributed by atoms with van der Waals surface area (Å²) in [7, 11) is 0. The molecule has 5 rings (SSSR count). The maximum atomic E-state index is 14.1. The van der Waals surface area contributed by atoms with Gasteiger partial charge in [-0.1, -0.05) is 36.4 Å². The summed E-state index contributed by atoms with van der Waals surface area (Å²) in [5.74, 6) is -0.622. The predicted molar refractivity (Wildman–Crippen MR) is 119 cm³/mol. The van der Waals surface area contributed by atoms with Gasteiger partial charge in [-0.15, -0.1) is 0 Å². The zero-order valence-corrected chi connectivity index (χ0v) is 17.8. The lowest BCUT2D eigenvalue weighted by Crippen LogP contribution is -2.39. The van der Waals surface area contributed by atoms with Gasteiger partial charge >= 0.3 is 0 Å². The van der Waals surface area contributed by atoms with Crippen molar-refractivity contribution in [1.29, 1.82) is 0 Å². The number of piperidine rings is 1. The molecule has 1 aromatic heterocycles. The van der Waals surface area contributed by atoms with E-state index in [1.807, 2.05) is 24.3 Å². The van der Waals surface area contributed by atoms with Gasteiger partial charge in [0.1, 0.15) is 5.82 Å². The van der Waals surface area contributed by atoms with E-state index in [1.54, 1.807) is 34.1 Å². The van der Waals surface area contributed by atoms with Crippen molar-refractivity contribution < 1.29 is 14.0 Å². The molecule has 0 spiro atoms. The third-order valence-electron chi connectivity index (χ3n) is 6.43. The number of anilines is 1. The second-order valence-electron chi connectivity index (χ2n) is 8.41. The Morgan fingerprint density at radius 2 is 1.88 bits per heavy atom. The van der Waals surface area contributed by atoms with E-state index in [0.29, 0.717) is 24.3 Å². The highest BCUT2D eigenvalue weighted by atomic mass is 19.1. The number of carbonyl (C=O) groups is 2. The number of carbonyl (C=O) groups excluding carboxylic acids is 2. The molecule has 0 bridgehead atoms. The fourth-order valence-electron chi connectivity index (χ4n) is 4.76. The van der Waals surface area contributed by atoms with Crippen LogP contribution in [0.1, 0.15) is 52.6 Å². The number of halogens is 1. The van der Waals surface area contributed by atoms with Gasteiger partial charge in [-0.25, -0.2) is 4.39 Å². The van der Waals surface area contributed by atoms with Crippen molar-refractivity contribution in [2.45, 2.75) is 38.1 Å². The fraction of sp³-hybridized carbons (Fsp3) is 0.320. The zero-order chi connectivity index (χ0) is 22.1. The molecule has 7 heteroatoms. The summed E-state index contributed by atoms with van der Waals surface area (Å²) in [6, 6.07) is 15.9. The quantitative estimate of drug-likeness (QED) is 0.676. The number of rotatable bonds is 4.